The maximum absolute atomic E-state index is 13.8. The molecule has 1 heterocycles. The van der Waals surface area contributed by atoms with Crippen LogP contribution in [0.5, 0.6) is 0 Å². The lowest BCUT2D eigenvalue weighted by Crippen LogP contribution is -2.17. The van der Waals surface area contributed by atoms with Crippen LogP contribution in [0.4, 0.5) is 8.78 Å². The Bertz CT molecular complexity index is 550. The number of rotatable bonds is 3. The van der Waals surface area contributed by atoms with Crippen molar-refractivity contribution in [3.8, 4) is 0 Å². The van der Waals surface area contributed by atoms with Gasteiger partial charge < -0.3 is 9.30 Å². The molecule has 90 valence electrons. The first kappa shape index (κ1) is 11.6. The summed E-state index contributed by atoms with van der Waals surface area (Å²) in [6.45, 7) is 1.70. The van der Waals surface area contributed by atoms with E-state index in [-0.39, 0.29) is 12.0 Å². The highest BCUT2D eigenvalue weighted by Crippen LogP contribution is 2.23. The van der Waals surface area contributed by atoms with E-state index in [2.05, 4.69) is 4.74 Å². The molecule has 0 aliphatic heterocycles. The number of esters is 1. The van der Waals surface area contributed by atoms with Crippen molar-refractivity contribution in [2.75, 3.05) is 6.61 Å². The molecule has 0 amide bonds. The fourth-order valence-corrected chi connectivity index (χ4v) is 1.67. The van der Waals surface area contributed by atoms with Crippen LogP contribution in [0.25, 0.3) is 10.9 Å². The third-order valence-electron chi connectivity index (χ3n) is 2.44. The molecule has 1 atom stereocenters. The molecule has 1 unspecified atom stereocenters. The number of carbonyl (C=O) groups excluding carboxylic acids is 1. The number of nitrogens with zero attached hydrogens (tertiary/aromatic N) is 1. The van der Waals surface area contributed by atoms with Crippen molar-refractivity contribution >= 4 is 16.9 Å². The number of halogens is 2. The molecule has 0 spiro atoms. The summed E-state index contributed by atoms with van der Waals surface area (Å²) in [5, 5.41) is 0.277. The Labute approximate surface area is 96.6 Å². The van der Waals surface area contributed by atoms with Gasteiger partial charge in [-0.1, -0.05) is 6.07 Å². The van der Waals surface area contributed by atoms with Crippen LogP contribution < -0.4 is 0 Å². The van der Waals surface area contributed by atoms with Crippen molar-refractivity contribution in [2.45, 2.75) is 13.2 Å². The summed E-state index contributed by atoms with van der Waals surface area (Å²) in [6.07, 6.45) is -0.621. The number of hydrogen-bond donors (Lipinski definition) is 0. The molecule has 1 aromatic heterocycles. The van der Waals surface area contributed by atoms with Gasteiger partial charge in [-0.25, -0.2) is 13.6 Å². The van der Waals surface area contributed by atoms with Gasteiger partial charge in [0.25, 0.3) is 6.30 Å². The van der Waals surface area contributed by atoms with Gasteiger partial charge in [-0.05, 0) is 25.1 Å². The van der Waals surface area contributed by atoms with E-state index in [1.807, 2.05) is 0 Å². The van der Waals surface area contributed by atoms with E-state index in [9.17, 15) is 13.6 Å². The van der Waals surface area contributed by atoms with Crippen LogP contribution in [0, 0.1) is 5.82 Å². The van der Waals surface area contributed by atoms with Gasteiger partial charge in [0.15, 0.2) is 0 Å². The van der Waals surface area contributed by atoms with Gasteiger partial charge in [0, 0.05) is 11.6 Å². The van der Waals surface area contributed by atoms with Crippen LogP contribution >= 0.6 is 0 Å². The number of benzene rings is 1. The molecule has 5 heteroatoms. The molecule has 0 bridgehead atoms. The molecule has 0 fully saturated rings. The van der Waals surface area contributed by atoms with Gasteiger partial charge >= 0.3 is 5.97 Å². The van der Waals surface area contributed by atoms with Crippen molar-refractivity contribution in [3.63, 3.8) is 0 Å². The summed E-state index contributed by atoms with van der Waals surface area (Å²) in [5.41, 5.74) is 0.325. The van der Waals surface area contributed by atoms with Crippen molar-refractivity contribution in [1.82, 2.24) is 4.57 Å². The largest absolute Gasteiger partial charge is 0.462 e. The molecular formula is C12H11F2NO2. The number of ether oxygens (including phenoxy) is 1. The first-order valence-corrected chi connectivity index (χ1v) is 5.21. The van der Waals surface area contributed by atoms with Gasteiger partial charge in [-0.2, -0.15) is 0 Å². The van der Waals surface area contributed by atoms with E-state index in [0.29, 0.717) is 5.52 Å². The lowest BCUT2D eigenvalue weighted by molar-refractivity contribution is -0.152. The lowest BCUT2D eigenvalue weighted by atomic mass is 10.2. The summed E-state index contributed by atoms with van der Waals surface area (Å²) in [7, 11) is 0. The lowest BCUT2D eigenvalue weighted by Gasteiger charge is -2.10. The Balaban J connectivity index is 2.42. The minimum atomic E-state index is -1.95. The van der Waals surface area contributed by atoms with E-state index >= 15 is 0 Å². The van der Waals surface area contributed by atoms with Crippen molar-refractivity contribution < 1.29 is 18.3 Å². The maximum atomic E-state index is 13.8. The molecule has 1 aromatic carbocycles. The Morgan fingerprint density at radius 3 is 2.94 bits per heavy atom. The Hall–Kier alpha value is -1.91. The molecular weight excluding hydrogens is 228 g/mol. The first-order chi connectivity index (χ1) is 8.15. The molecule has 2 rings (SSSR count). The quantitative estimate of drug-likeness (QED) is 0.771. The number of aromatic nitrogens is 1. The predicted molar refractivity (Wildman–Crippen MR) is 58.7 cm³/mol. The van der Waals surface area contributed by atoms with E-state index in [1.54, 1.807) is 13.0 Å². The molecule has 0 saturated heterocycles. The monoisotopic (exact) mass is 239 g/mol. The fourth-order valence-electron chi connectivity index (χ4n) is 1.67. The third-order valence-corrected chi connectivity index (χ3v) is 2.44. The minimum Gasteiger partial charge on any atom is -0.462 e. The van der Waals surface area contributed by atoms with Gasteiger partial charge in [-0.15, -0.1) is 0 Å². The zero-order chi connectivity index (χ0) is 12.4. The topological polar surface area (TPSA) is 31.2 Å². The molecule has 0 saturated carbocycles. The number of carbonyl (C=O) groups is 1. The van der Waals surface area contributed by atoms with E-state index in [0.717, 1.165) is 4.57 Å². The van der Waals surface area contributed by atoms with E-state index in [4.69, 9.17) is 0 Å². The smallest absolute Gasteiger partial charge is 0.362 e. The van der Waals surface area contributed by atoms with Crippen LogP contribution in [-0.2, 0) is 9.53 Å². The Morgan fingerprint density at radius 1 is 1.47 bits per heavy atom. The van der Waals surface area contributed by atoms with Crippen LogP contribution in [-0.4, -0.2) is 17.1 Å². The fraction of sp³-hybridized carbons (Fsp3) is 0.250. The Kier molecular flexibility index (Phi) is 3.08. The molecule has 0 N–H and O–H groups in total. The van der Waals surface area contributed by atoms with Gasteiger partial charge in [0.05, 0.1) is 12.1 Å². The summed E-state index contributed by atoms with van der Waals surface area (Å²) >= 11 is 0. The van der Waals surface area contributed by atoms with Gasteiger partial charge in [0.1, 0.15) is 5.82 Å². The average molecular weight is 239 g/mol. The summed E-state index contributed by atoms with van der Waals surface area (Å²) in [5.74, 6) is -1.42. The summed E-state index contributed by atoms with van der Waals surface area (Å²) in [6, 6.07) is 5.72. The van der Waals surface area contributed by atoms with Crippen LogP contribution in [0.3, 0.4) is 0 Å². The highest BCUT2D eigenvalue weighted by molar-refractivity contribution is 5.83. The van der Waals surface area contributed by atoms with E-state index in [1.165, 1.54) is 24.4 Å². The van der Waals surface area contributed by atoms with Crippen LogP contribution in [0.1, 0.15) is 13.2 Å². The first-order valence-electron chi connectivity index (χ1n) is 5.21. The molecule has 0 radical (unpaired) electrons. The van der Waals surface area contributed by atoms with Crippen molar-refractivity contribution in [1.29, 1.82) is 0 Å². The number of fused-ring (bicyclic) bond motifs is 1. The standard InChI is InChI=1S/C12H11F2NO2/c1-2-17-12(16)11(14)15-7-6-8-9(13)4-3-5-10(8)15/h3-7,11H,2H2,1H3. The zero-order valence-corrected chi connectivity index (χ0v) is 9.19. The SMILES string of the molecule is CCOC(=O)C(F)n1ccc2c(F)cccc21. The van der Waals surface area contributed by atoms with Crippen molar-refractivity contribution in [3.05, 3.63) is 36.3 Å². The second-order valence-electron chi connectivity index (χ2n) is 3.48. The minimum absolute atomic E-state index is 0.104. The third kappa shape index (κ3) is 2.00. The highest BCUT2D eigenvalue weighted by Gasteiger charge is 2.22. The molecule has 17 heavy (non-hydrogen) atoms. The second-order valence-corrected chi connectivity index (χ2v) is 3.48. The van der Waals surface area contributed by atoms with E-state index < -0.39 is 18.1 Å². The zero-order valence-electron chi connectivity index (χ0n) is 9.19. The summed E-state index contributed by atoms with van der Waals surface area (Å²) < 4.78 is 32.8. The van der Waals surface area contributed by atoms with Crippen LogP contribution in [0.2, 0.25) is 0 Å². The molecule has 0 aliphatic rings. The molecule has 3 nitrogen and oxygen atoms in total. The number of alkyl halides is 1. The number of hydrogen-bond acceptors (Lipinski definition) is 2. The average Bonchev–Trinajstić information content (AvgIpc) is 2.73. The summed E-state index contributed by atoms with van der Waals surface area (Å²) in [4.78, 5) is 11.3. The van der Waals surface area contributed by atoms with Gasteiger partial charge in [-0.3, -0.25) is 0 Å². The van der Waals surface area contributed by atoms with Gasteiger partial charge in [0.2, 0.25) is 0 Å². The predicted octanol–water partition coefficient (Wildman–Crippen LogP) is 2.81. The Morgan fingerprint density at radius 2 is 2.24 bits per heavy atom. The maximum Gasteiger partial charge on any atom is 0.362 e. The van der Waals surface area contributed by atoms with Crippen LogP contribution in [0.15, 0.2) is 30.5 Å². The highest BCUT2D eigenvalue weighted by atomic mass is 19.1. The normalized spacial score (nSPS) is 12.6. The molecule has 2 aromatic rings. The molecule has 0 aliphatic carbocycles. The second kappa shape index (κ2) is 4.53. The van der Waals surface area contributed by atoms with Crippen molar-refractivity contribution in [2.24, 2.45) is 0 Å².